The van der Waals surface area contributed by atoms with E-state index in [1.54, 1.807) is 36.4 Å². The van der Waals surface area contributed by atoms with E-state index in [4.69, 9.17) is 14.7 Å². The zero-order valence-corrected chi connectivity index (χ0v) is 14.4. The lowest BCUT2D eigenvalue weighted by Gasteiger charge is -2.08. The molecule has 0 heterocycles. The maximum Gasteiger partial charge on any atom is 0.244 e. The molecule has 2 aromatic rings. The highest BCUT2D eigenvalue weighted by molar-refractivity contribution is 5.91. The summed E-state index contributed by atoms with van der Waals surface area (Å²) in [6.07, 6.45) is 3.71. The van der Waals surface area contributed by atoms with Gasteiger partial charge in [-0.3, -0.25) is 4.79 Å². The molecule has 0 radical (unpaired) electrons. The van der Waals surface area contributed by atoms with Gasteiger partial charge in [0.2, 0.25) is 5.91 Å². The highest BCUT2D eigenvalue weighted by Gasteiger charge is 2.05. The molecule has 2 aromatic carbocycles. The fourth-order valence-corrected chi connectivity index (χ4v) is 2.23. The molecule has 0 atom stereocenters. The summed E-state index contributed by atoms with van der Waals surface area (Å²) in [6.45, 7) is 0.390. The summed E-state index contributed by atoms with van der Waals surface area (Å²) in [5.74, 6) is 0.449. The van der Waals surface area contributed by atoms with Crippen LogP contribution in [0.1, 0.15) is 11.1 Å². The zero-order chi connectivity index (χ0) is 18.8. The van der Waals surface area contributed by atoms with Crippen LogP contribution >= 0.6 is 0 Å². The van der Waals surface area contributed by atoms with Crippen molar-refractivity contribution in [3.63, 3.8) is 0 Å². The van der Waals surface area contributed by atoms with Crippen LogP contribution in [0.25, 0.3) is 6.08 Å². The molecule has 1 N–H and O–H groups in total. The Balaban J connectivity index is 1.86. The molecular weight excluding hydrogens is 335 g/mol. The lowest BCUT2D eigenvalue weighted by atomic mass is 10.1. The lowest BCUT2D eigenvalue weighted by molar-refractivity contribution is -0.116. The normalized spacial score (nSPS) is 10.3. The van der Waals surface area contributed by atoms with Gasteiger partial charge >= 0.3 is 0 Å². The van der Waals surface area contributed by atoms with Crippen LogP contribution in [-0.2, 0) is 11.2 Å². The number of benzene rings is 2. The maximum absolute atomic E-state index is 12.8. The van der Waals surface area contributed by atoms with Crippen molar-refractivity contribution < 1.29 is 18.7 Å². The van der Waals surface area contributed by atoms with Crippen LogP contribution in [0.15, 0.2) is 48.5 Å². The predicted octanol–water partition coefficient (Wildman–Crippen LogP) is 3.11. The number of halogens is 1. The largest absolute Gasteiger partial charge is 0.493 e. The monoisotopic (exact) mass is 354 g/mol. The number of hydrogen-bond donors (Lipinski definition) is 1. The summed E-state index contributed by atoms with van der Waals surface area (Å²) < 4.78 is 23.3. The minimum Gasteiger partial charge on any atom is -0.493 e. The van der Waals surface area contributed by atoms with E-state index in [0.717, 1.165) is 11.1 Å². The molecule has 26 heavy (non-hydrogen) atoms. The van der Waals surface area contributed by atoms with E-state index in [1.165, 1.54) is 25.3 Å². The van der Waals surface area contributed by atoms with Crippen LogP contribution in [0.5, 0.6) is 11.5 Å². The van der Waals surface area contributed by atoms with Gasteiger partial charge in [-0.05, 0) is 47.9 Å². The number of rotatable bonds is 8. The molecule has 0 aromatic heterocycles. The topological polar surface area (TPSA) is 71.3 Å². The summed E-state index contributed by atoms with van der Waals surface area (Å²) in [5.41, 5.74) is 1.72. The molecule has 0 saturated carbocycles. The van der Waals surface area contributed by atoms with Gasteiger partial charge < -0.3 is 14.8 Å². The number of carbonyl (C=O) groups is 1. The molecule has 5 nitrogen and oxygen atoms in total. The fourth-order valence-electron chi connectivity index (χ4n) is 2.23. The van der Waals surface area contributed by atoms with E-state index in [-0.39, 0.29) is 18.3 Å². The van der Waals surface area contributed by atoms with E-state index >= 15 is 0 Å². The van der Waals surface area contributed by atoms with E-state index in [0.29, 0.717) is 24.5 Å². The Morgan fingerprint density at radius 3 is 2.69 bits per heavy atom. The Labute approximate surface area is 151 Å². The molecule has 0 spiro atoms. The number of carbonyl (C=O) groups excluding carboxylic acids is 1. The second-order valence-electron chi connectivity index (χ2n) is 5.36. The van der Waals surface area contributed by atoms with Gasteiger partial charge in [0.15, 0.2) is 18.1 Å². The van der Waals surface area contributed by atoms with Crippen molar-refractivity contribution in [2.24, 2.45) is 0 Å². The summed E-state index contributed by atoms with van der Waals surface area (Å²) in [4.78, 5) is 11.9. The van der Waals surface area contributed by atoms with Crippen molar-refractivity contribution in [2.75, 3.05) is 20.3 Å². The fraction of sp³-hybridized carbons (Fsp3) is 0.200. The van der Waals surface area contributed by atoms with Crippen LogP contribution in [0.2, 0.25) is 0 Å². The highest BCUT2D eigenvalue weighted by atomic mass is 19.1. The number of nitriles is 1. The number of amides is 1. The Morgan fingerprint density at radius 1 is 1.23 bits per heavy atom. The van der Waals surface area contributed by atoms with E-state index in [2.05, 4.69) is 5.32 Å². The van der Waals surface area contributed by atoms with E-state index < -0.39 is 0 Å². The second-order valence-corrected chi connectivity index (χ2v) is 5.36. The molecule has 134 valence electrons. The van der Waals surface area contributed by atoms with Crippen molar-refractivity contribution in [3.05, 3.63) is 65.5 Å². The molecule has 0 saturated heterocycles. The first kappa shape index (κ1) is 19.0. The highest BCUT2D eigenvalue weighted by Crippen LogP contribution is 2.28. The van der Waals surface area contributed by atoms with Crippen molar-refractivity contribution >= 4 is 12.0 Å². The molecule has 0 fully saturated rings. The van der Waals surface area contributed by atoms with Gasteiger partial charge in [-0.25, -0.2) is 4.39 Å². The van der Waals surface area contributed by atoms with Crippen molar-refractivity contribution in [2.45, 2.75) is 6.42 Å². The molecule has 1 amide bonds. The molecule has 0 bridgehead atoms. The van der Waals surface area contributed by atoms with Gasteiger partial charge in [0.05, 0.1) is 7.11 Å². The van der Waals surface area contributed by atoms with Crippen LogP contribution < -0.4 is 14.8 Å². The smallest absolute Gasteiger partial charge is 0.244 e. The second kappa shape index (κ2) is 9.84. The van der Waals surface area contributed by atoms with Gasteiger partial charge in [-0.1, -0.05) is 18.2 Å². The lowest BCUT2D eigenvalue weighted by Crippen LogP contribution is -2.23. The van der Waals surface area contributed by atoms with E-state index in [9.17, 15) is 9.18 Å². The predicted molar refractivity (Wildman–Crippen MR) is 96.2 cm³/mol. The van der Waals surface area contributed by atoms with E-state index in [1.807, 2.05) is 6.07 Å². The summed E-state index contributed by atoms with van der Waals surface area (Å²) in [5, 5.41) is 11.3. The van der Waals surface area contributed by atoms with Crippen LogP contribution in [0.3, 0.4) is 0 Å². The first-order chi connectivity index (χ1) is 12.6. The summed E-state index contributed by atoms with van der Waals surface area (Å²) in [7, 11) is 1.50. The third kappa shape index (κ3) is 5.95. The third-order valence-corrected chi connectivity index (χ3v) is 3.53. The molecule has 0 aliphatic heterocycles. The average Bonchev–Trinajstić information content (AvgIpc) is 2.66. The number of methoxy groups -OCH3 is 1. The van der Waals surface area contributed by atoms with Crippen molar-refractivity contribution in [3.8, 4) is 17.6 Å². The first-order valence-electron chi connectivity index (χ1n) is 8.00. The molecule has 0 aliphatic carbocycles. The standard InChI is InChI=1S/C20H19FN2O3/c1-25-19-14-16(4-8-18(19)26-13-11-22)5-9-20(24)23-12-10-15-2-6-17(21)7-3-15/h2-9,14H,10,12-13H2,1H3,(H,23,24)/b9-5+. The Hall–Kier alpha value is -3.33. The molecular formula is C20H19FN2O3. The van der Waals surface area contributed by atoms with Gasteiger partial charge in [0, 0.05) is 12.6 Å². The Kier molecular flexibility index (Phi) is 7.19. The van der Waals surface area contributed by atoms with Gasteiger partial charge in [-0.15, -0.1) is 0 Å². The molecule has 6 heteroatoms. The minimum absolute atomic E-state index is 0.0675. The van der Waals surface area contributed by atoms with Gasteiger partial charge in [0.1, 0.15) is 11.9 Å². The Morgan fingerprint density at radius 2 is 2.00 bits per heavy atom. The SMILES string of the molecule is COc1cc(/C=C/C(=O)NCCc2ccc(F)cc2)ccc1OCC#N. The van der Waals surface area contributed by atoms with Crippen LogP contribution in [-0.4, -0.2) is 26.2 Å². The Bertz CT molecular complexity index is 811. The number of ether oxygens (including phenoxy) is 2. The minimum atomic E-state index is -0.278. The first-order valence-corrected chi connectivity index (χ1v) is 8.00. The molecule has 0 unspecified atom stereocenters. The van der Waals surface area contributed by atoms with Crippen LogP contribution in [0.4, 0.5) is 4.39 Å². The van der Waals surface area contributed by atoms with Crippen molar-refractivity contribution in [1.29, 1.82) is 5.26 Å². The van der Waals surface area contributed by atoms with Crippen LogP contribution in [0, 0.1) is 17.1 Å². The number of hydrogen-bond acceptors (Lipinski definition) is 4. The van der Waals surface area contributed by atoms with Gasteiger partial charge in [-0.2, -0.15) is 5.26 Å². The third-order valence-electron chi connectivity index (χ3n) is 3.53. The quantitative estimate of drug-likeness (QED) is 0.740. The zero-order valence-electron chi connectivity index (χ0n) is 14.4. The molecule has 2 rings (SSSR count). The summed E-state index contributed by atoms with van der Waals surface area (Å²) >= 11 is 0. The number of nitrogens with one attached hydrogen (secondary N) is 1. The summed E-state index contributed by atoms with van der Waals surface area (Å²) in [6, 6.07) is 13.2. The average molecular weight is 354 g/mol. The molecule has 0 aliphatic rings. The van der Waals surface area contributed by atoms with Gasteiger partial charge in [0.25, 0.3) is 0 Å². The van der Waals surface area contributed by atoms with Crippen molar-refractivity contribution in [1.82, 2.24) is 5.32 Å². The number of nitrogens with zero attached hydrogens (tertiary/aromatic N) is 1. The maximum atomic E-state index is 12.8.